The van der Waals surface area contributed by atoms with E-state index < -0.39 is 0 Å². The van der Waals surface area contributed by atoms with Gasteiger partial charge in [0.15, 0.2) is 5.16 Å². The van der Waals surface area contributed by atoms with Crippen molar-refractivity contribution in [3.63, 3.8) is 0 Å². The van der Waals surface area contributed by atoms with Crippen LogP contribution in [0, 0.1) is 0 Å². The summed E-state index contributed by atoms with van der Waals surface area (Å²) in [6.07, 6.45) is 3.72. The molecule has 0 aliphatic carbocycles. The van der Waals surface area contributed by atoms with E-state index >= 15 is 0 Å². The number of aromatic nitrogens is 2. The lowest BCUT2D eigenvalue weighted by Gasteiger charge is -2.18. The highest BCUT2D eigenvalue weighted by molar-refractivity contribution is 7.98. The van der Waals surface area contributed by atoms with Crippen LogP contribution in [-0.2, 0) is 0 Å². The predicted molar refractivity (Wildman–Crippen MR) is 65.4 cm³/mol. The summed E-state index contributed by atoms with van der Waals surface area (Å²) in [5, 5.41) is 4.00. The van der Waals surface area contributed by atoms with Crippen LogP contribution in [0.25, 0.3) is 0 Å². The van der Waals surface area contributed by atoms with Gasteiger partial charge in [-0.3, -0.25) is 0 Å². The summed E-state index contributed by atoms with van der Waals surface area (Å²) in [4.78, 5) is 8.40. The zero-order chi connectivity index (χ0) is 10.6. The largest absolute Gasteiger partial charge is 0.369 e. The van der Waals surface area contributed by atoms with Gasteiger partial charge in [0, 0.05) is 17.5 Å². The molecule has 0 radical (unpaired) electrons. The fourth-order valence-electron chi connectivity index (χ4n) is 0.844. The Labute approximate surface area is 94.5 Å². The van der Waals surface area contributed by atoms with Crippen molar-refractivity contribution in [2.75, 3.05) is 18.1 Å². The minimum atomic E-state index is -0.0372. The van der Waals surface area contributed by atoms with Gasteiger partial charge in [0.2, 0.25) is 0 Å². The second-order valence-electron chi connectivity index (χ2n) is 3.59. The van der Waals surface area contributed by atoms with Gasteiger partial charge in [-0.25, -0.2) is 9.97 Å². The summed E-state index contributed by atoms with van der Waals surface area (Å²) in [6, 6.07) is 1.86. The SMILES string of the molecule is CSc1nccc(NCC(C)(C)S)n1. The van der Waals surface area contributed by atoms with Gasteiger partial charge in [0.05, 0.1) is 0 Å². The predicted octanol–water partition coefficient (Wildman–Crippen LogP) is 2.32. The normalized spacial score (nSPS) is 11.4. The van der Waals surface area contributed by atoms with Crippen molar-refractivity contribution in [2.24, 2.45) is 0 Å². The maximum Gasteiger partial charge on any atom is 0.189 e. The Morgan fingerprint density at radius 1 is 1.57 bits per heavy atom. The molecule has 1 aromatic rings. The average Bonchev–Trinajstić information content (AvgIpc) is 2.14. The molecule has 0 aliphatic heterocycles. The zero-order valence-electron chi connectivity index (χ0n) is 8.61. The summed E-state index contributed by atoms with van der Waals surface area (Å²) in [5.41, 5.74) is 0. The van der Waals surface area contributed by atoms with Crippen molar-refractivity contribution in [2.45, 2.75) is 23.8 Å². The molecule has 1 heterocycles. The van der Waals surface area contributed by atoms with Crippen molar-refractivity contribution in [3.8, 4) is 0 Å². The van der Waals surface area contributed by atoms with E-state index in [2.05, 4.69) is 41.8 Å². The third-order valence-electron chi connectivity index (χ3n) is 1.52. The highest BCUT2D eigenvalue weighted by Gasteiger charge is 2.10. The van der Waals surface area contributed by atoms with E-state index in [0.717, 1.165) is 17.5 Å². The first-order chi connectivity index (χ1) is 6.51. The molecule has 0 saturated carbocycles. The van der Waals surface area contributed by atoms with Gasteiger partial charge < -0.3 is 5.32 Å². The van der Waals surface area contributed by atoms with Crippen LogP contribution >= 0.6 is 24.4 Å². The number of nitrogens with zero attached hydrogens (tertiary/aromatic N) is 2. The number of hydrogen-bond donors (Lipinski definition) is 2. The van der Waals surface area contributed by atoms with Crippen LogP contribution in [-0.4, -0.2) is 27.5 Å². The average molecular weight is 229 g/mol. The highest BCUT2D eigenvalue weighted by Crippen LogP contribution is 2.14. The maximum atomic E-state index is 4.42. The summed E-state index contributed by atoms with van der Waals surface area (Å²) in [5.74, 6) is 0.853. The van der Waals surface area contributed by atoms with Crippen LogP contribution in [0.5, 0.6) is 0 Å². The lowest BCUT2D eigenvalue weighted by molar-refractivity contribution is 0.752. The second-order valence-corrected chi connectivity index (χ2v) is 5.58. The lowest BCUT2D eigenvalue weighted by Crippen LogP contribution is -2.23. The summed E-state index contributed by atoms with van der Waals surface area (Å²) in [7, 11) is 0. The molecule has 0 atom stereocenters. The Morgan fingerprint density at radius 3 is 2.86 bits per heavy atom. The van der Waals surface area contributed by atoms with E-state index in [9.17, 15) is 0 Å². The van der Waals surface area contributed by atoms with Gasteiger partial charge in [0.1, 0.15) is 5.82 Å². The smallest absolute Gasteiger partial charge is 0.189 e. The van der Waals surface area contributed by atoms with Crippen LogP contribution in [0.3, 0.4) is 0 Å². The van der Waals surface area contributed by atoms with E-state index in [4.69, 9.17) is 0 Å². The first-order valence-electron chi connectivity index (χ1n) is 4.34. The third-order valence-corrected chi connectivity index (χ3v) is 2.24. The Hall–Kier alpha value is -0.420. The molecule has 3 nitrogen and oxygen atoms in total. The van der Waals surface area contributed by atoms with E-state index in [0.29, 0.717) is 0 Å². The van der Waals surface area contributed by atoms with Crippen molar-refractivity contribution in [1.82, 2.24) is 9.97 Å². The van der Waals surface area contributed by atoms with Crippen LogP contribution in [0.2, 0.25) is 0 Å². The van der Waals surface area contributed by atoms with Gasteiger partial charge in [-0.15, -0.1) is 0 Å². The molecule has 0 spiro atoms. The first kappa shape index (κ1) is 11.7. The van der Waals surface area contributed by atoms with E-state index in [1.165, 1.54) is 11.8 Å². The topological polar surface area (TPSA) is 37.8 Å². The van der Waals surface area contributed by atoms with Gasteiger partial charge in [-0.1, -0.05) is 11.8 Å². The minimum absolute atomic E-state index is 0.0372. The number of rotatable bonds is 4. The molecule has 14 heavy (non-hydrogen) atoms. The standard InChI is InChI=1S/C9H15N3S2/c1-9(2,13)6-11-7-4-5-10-8(12-7)14-3/h4-5,13H,6H2,1-3H3,(H,10,11,12). The quantitative estimate of drug-likeness (QED) is 0.472. The molecule has 1 rings (SSSR count). The van der Waals surface area contributed by atoms with Gasteiger partial charge in [-0.05, 0) is 26.2 Å². The Kier molecular flexibility index (Phi) is 4.07. The molecule has 0 bridgehead atoms. The van der Waals surface area contributed by atoms with Crippen molar-refractivity contribution < 1.29 is 0 Å². The fourth-order valence-corrected chi connectivity index (χ4v) is 1.28. The Morgan fingerprint density at radius 2 is 2.29 bits per heavy atom. The molecule has 1 N–H and O–H groups in total. The summed E-state index contributed by atoms with van der Waals surface area (Å²) >= 11 is 5.96. The molecular formula is C9H15N3S2. The van der Waals surface area contributed by atoms with Gasteiger partial charge in [0.25, 0.3) is 0 Å². The van der Waals surface area contributed by atoms with Crippen LogP contribution in [0.15, 0.2) is 17.4 Å². The van der Waals surface area contributed by atoms with Crippen LogP contribution < -0.4 is 5.32 Å². The molecule has 78 valence electrons. The maximum absolute atomic E-state index is 4.42. The Balaban J connectivity index is 2.59. The first-order valence-corrected chi connectivity index (χ1v) is 6.02. The molecule has 0 unspecified atom stereocenters. The van der Waals surface area contributed by atoms with Gasteiger partial charge in [-0.2, -0.15) is 12.6 Å². The molecule has 1 aromatic heterocycles. The molecule has 0 fully saturated rings. The van der Waals surface area contributed by atoms with Crippen molar-refractivity contribution in [1.29, 1.82) is 0 Å². The molecule has 0 aromatic carbocycles. The van der Waals surface area contributed by atoms with Crippen LogP contribution in [0.1, 0.15) is 13.8 Å². The van der Waals surface area contributed by atoms with E-state index in [-0.39, 0.29) is 4.75 Å². The number of thiol groups is 1. The van der Waals surface area contributed by atoms with Crippen molar-refractivity contribution >= 4 is 30.2 Å². The van der Waals surface area contributed by atoms with Crippen molar-refractivity contribution in [3.05, 3.63) is 12.3 Å². The minimum Gasteiger partial charge on any atom is -0.369 e. The van der Waals surface area contributed by atoms with Gasteiger partial charge >= 0.3 is 0 Å². The fraction of sp³-hybridized carbons (Fsp3) is 0.556. The zero-order valence-corrected chi connectivity index (χ0v) is 10.3. The summed E-state index contributed by atoms with van der Waals surface area (Å²) < 4.78 is -0.0372. The monoisotopic (exact) mass is 229 g/mol. The number of hydrogen-bond acceptors (Lipinski definition) is 5. The van der Waals surface area contributed by atoms with E-state index in [1.54, 1.807) is 6.20 Å². The molecular weight excluding hydrogens is 214 g/mol. The molecule has 0 saturated heterocycles. The second kappa shape index (κ2) is 4.89. The lowest BCUT2D eigenvalue weighted by atomic mass is 10.2. The highest BCUT2D eigenvalue weighted by atomic mass is 32.2. The molecule has 5 heteroatoms. The number of nitrogens with one attached hydrogen (secondary N) is 1. The number of thioether (sulfide) groups is 1. The third kappa shape index (κ3) is 4.19. The molecule has 0 aliphatic rings. The Bertz CT molecular complexity index is 296. The van der Waals surface area contributed by atoms with Crippen LogP contribution in [0.4, 0.5) is 5.82 Å². The summed E-state index contributed by atoms with van der Waals surface area (Å²) in [6.45, 7) is 4.89. The number of anilines is 1. The van der Waals surface area contributed by atoms with E-state index in [1.807, 2.05) is 12.3 Å². The molecule has 0 amide bonds.